The summed E-state index contributed by atoms with van der Waals surface area (Å²) in [7, 11) is 3.62. The van der Waals surface area contributed by atoms with Crippen molar-refractivity contribution in [1.82, 2.24) is 5.32 Å². The molecule has 0 bridgehead atoms. The molecule has 0 saturated heterocycles. The fourth-order valence-electron chi connectivity index (χ4n) is 0.566. The molecule has 0 spiro atoms. The third kappa shape index (κ3) is 10.3. The predicted molar refractivity (Wildman–Crippen MR) is 57.5 cm³/mol. The Bertz CT molecular complexity index is 103. The normalized spacial score (nSPS) is 10.1. The van der Waals surface area contributed by atoms with E-state index < -0.39 is 0 Å². The molecular weight excluding hydrogens is 192 g/mol. The van der Waals surface area contributed by atoms with Gasteiger partial charge >= 0.3 is 0 Å². The molecule has 0 aliphatic heterocycles. The largest absolute Gasteiger partial charge is 0.330 e. The van der Waals surface area contributed by atoms with E-state index in [1.54, 1.807) is 10.8 Å². The van der Waals surface area contributed by atoms with Crippen molar-refractivity contribution >= 4 is 27.9 Å². The Labute approximate surface area is 81.6 Å². The highest BCUT2D eigenvalue weighted by Gasteiger charge is 1.89. The van der Waals surface area contributed by atoms with E-state index in [2.05, 4.69) is 5.32 Å². The fourth-order valence-corrected chi connectivity index (χ4v) is 2.37. The fraction of sp³-hybridized carbons (Fsp3) is 0.857. The molecule has 0 unspecified atom stereocenters. The molecule has 3 N–H and O–H groups in total. The van der Waals surface area contributed by atoms with E-state index in [1.807, 2.05) is 10.8 Å². The minimum Gasteiger partial charge on any atom is -0.330 e. The van der Waals surface area contributed by atoms with Crippen LogP contribution in [-0.2, 0) is 4.79 Å². The monoisotopic (exact) mass is 208 g/mol. The van der Waals surface area contributed by atoms with Crippen molar-refractivity contribution in [2.24, 2.45) is 5.73 Å². The van der Waals surface area contributed by atoms with Crippen LogP contribution in [0.15, 0.2) is 0 Å². The van der Waals surface area contributed by atoms with E-state index in [0.29, 0.717) is 6.42 Å². The van der Waals surface area contributed by atoms with Crippen molar-refractivity contribution in [2.75, 3.05) is 31.1 Å². The Hall–Kier alpha value is 0.290. The van der Waals surface area contributed by atoms with Crippen molar-refractivity contribution in [3.8, 4) is 0 Å². The predicted octanol–water partition coefficient (Wildman–Crippen LogP) is 0.505. The minimum atomic E-state index is 0.612. The van der Waals surface area contributed by atoms with Crippen molar-refractivity contribution in [1.29, 1.82) is 0 Å². The topological polar surface area (TPSA) is 55.1 Å². The number of rotatable bonds is 9. The van der Waals surface area contributed by atoms with E-state index in [1.165, 1.54) is 0 Å². The Kier molecular flexibility index (Phi) is 11.6. The van der Waals surface area contributed by atoms with Crippen LogP contribution >= 0.6 is 21.6 Å². The standard InChI is InChI=1S/C7H16N2OS2/c8-2-6-11-12-7-4-9-3-1-5-10/h5,9H,1-4,6-8H2. The zero-order chi connectivity index (χ0) is 9.07. The average Bonchev–Trinajstić information content (AvgIpc) is 2.10. The maximum atomic E-state index is 9.92. The summed E-state index contributed by atoms with van der Waals surface area (Å²) in [4.78, 5) is 9.92. The van der Waals surface area contributed by atoms with Crippen LogP contribution in [0.25, 0.3) is 0 Å². The number of hydrogen-bond acceptors (Lipinski definition) is 5. The maximum absolute atomic E-state index is 9.92. The van der Waals surface area contributed by atoms with Gasteiger partial charge in [0.2, 0.25) is 0 Å². The summed E-state index contributed by atoms with van der Waals surface area (Å²) in [6.07, 6.45) is 1.55. The van der Waals surface area contributed by atoms with Crippen LogP contribution in [-0.4, -0.2) is 37.4 Å². The molecule has 0 fully saturated rings. The Balaban J connectivity index is 2.77. The second kappa shape index (κ2) is 11.3. The molecule has 72 valence electrons. The molecule has 0 aliphatic rings. The zero-order valence-electron chi connectivity index (χ0n) is 7.12. The van der Waals surface area contributed by atoms with E-state index in [4.69, 9.17) is 5.73 Å². The number of aldehydes is 1. The lowest BCUT2D eigenvalue weighted by Crippen LogP contribution is -2.18. The van der Waals surface area contributed by atoms with Gasteiger partial charge in [-0.05, 0) is 0 Å². The van der Waals surface area contributed by atoms with Gasteiger partial charge in [0.1, 0.15) is 6.29 Å². The summed E-state index contributed by atoms with van der Waals surface area (Å²) in [5.41, 5.74) is 5.32. The molecule has 0 aromatic rings. The SMILES string of the molecule is NCCSSCCNCCC=O. The molecule has 5 heteroatoms. The van der Waals surface area contributed by atoms with Crippen LogP contribution < -0.4 is 11.1 Å². The molecule has 0 aromatic heterocycles. The lowest BCUT2D eigenvalue weighted by atomic mass is 10.5. The van der Waals surface area contributed by atoms with Gasteiger partial charge in [-0.1, -0.05) is 21.6 Å². The Morgan fingerprint density at radius 2 is 2.00 bits per heavy atom. The van der Waals surface area contributed by atoms with Gasteiger partial charge < -0.3 is 15.8 Å². The molecule has 12 heavy (non-hydrogen) atoms. The first-order chi connectivity index (χ1) is 5.91. The molecule has 0 atom stereocenters. The molecule has 0 aliphatic carbocycles. The smallest absolute Gasteiger partial charge is 0.121 e. The van der Waals surface area contributed by atoms with Gasteiger partial charge in [0.25, 0.3) is 0 Å². The summed E-state index contributed by atoms with van der Waals surface area (Å²) in [5.74, 6) is 2.09. The van der Waals surface area contributed by atoms with E-state index in [9.17, 15) is 4.79 Å². The van der Waals surface area contributed by atoms with Crippen molar-refractivity contribution < 1.29 is 4.79 Å². The quantitative estimate of drug-likeness (QED) is 0.328. The van der Waals surface area contributed by atoms with Crippen LogP contribution in [0.3, 0.4) is 0 Å². The second-order valence-corrected chi connectivity index (χ2v) is 4.84. The summed E-state index contributed by atoms with van der Waals surface area (Å²) >= 11 is 0. The zero-order valence-corrected chi connectivity index (χ0v) is 8.76. The highest BCUT2D eigenvalue weighted by atomic mass is 33.1. The third-order valence-electron chi connectivity index (χ3n) is 1.09. The van der Waals surface area contributed by atoms with Gasteiger partial charge in [0.15, 0.2) is 0 Å². The first-order valence-electron chi connectivity index (χ1n) is 4.00. The van der Waals surface area contributed by atoms with Crippen molar-refractivity contribution in [3.63, 3.8) is 0 Å². The summed E-state index contributed by atoms with van der Waals surface area (Å²) in [6, 6.07) is 0. The van der Waals surface area contributed by atoms with Gasteiger partial charge in [-0.3, -0.25) is 0 Å². The van der Waals surface area contributed by atoms with E-state index in [0.717, 1.165) is 37.4 Å². The number of hydrogen-bond donors (Lipinski definition) is 2. The number of carbonyl (C=O) groups is 1. The summed E-state index contributed by atoms with van der Waals surface area (Å²) < 4.78 is 0. The number of nitrogens with one attached hydrogen (secondary N) is 1. The highest BCUT2D eigenvalue weighted by Crippen LogP contribution is 2.18. The molecule has 0 radical (unpaired) electrons. The summed E-state index contributed by atoms with van der Waals surface area (Å²) in [5, 5.41) is 3.17. The molecule has 3 nitrogen and oxygen atoms in total. The lowest BCUT2D eigenvalue weighted by Gasteiger charge is -2.00. The third-order valence-corrected chi connectivity index (χ3v) is 3.53. The van der Waals surface area contributed by atoms with Gasteiger partial charge in [0, 0.05) is 37.6 Å². The summed E-state index contributed by atoms with van der Waals surface area (Å²) in [6.45, 7) is 2.51. The van der Waals surface area contributed by atoms with Crippen molar-refractivity contribution in [2.45, 2.75) is 6.42 Å². The Morgan fingerprint density at radius 1 is 1.25 bits per heavy atom. The van der Waals surface area contributed by atoms with Crippen LogP contribution in [0.2, 0.25) is 0 Å². The molecule has 0 saturated carbocycles. The van der Waals surface area contributed by atoms with E-state index in [-0.39, 0.29) is 0 Å². The molecular formula is C7H16N2OS2. The van der Waals surface area contributed by atoms with Gasteiger partial charge in [0.05, 0.1) is 0 Å². The van der Waals surface area contributed by atoms with Gasteiger partial charge in [-0.2, -0.15) is 0 Å². The maximum Gasteiger partial charge on any atom is 0.121 e. The molecule has 0 amide bonds. The van der Waals surface area contributed by atoms with Crippen LogP contribution in [0.5, 0.6) is 0 Å². The van der Waals surface area contributed by atoms with E-state index >= 15 is 0 Å². The minimum absolute atomic E-state index is 0.612. The Morgan fingerprint density at radius 3 is 2.67 bits per heavy atom. The second-order valence-electron chi connectivity index (χ2n) is 2.14. The number of nitrogens with two attached hydrogens (primary N) is 1. The van der Waals surface area contributed by atoms with Gasteiger partial charge in [-0.25, -0.2) is 0 Å². The average molecular weight is 208 g/mol. The lowest BCUT2D eigenvalue weighted by molar-refractivity contribution is -0.107. The molecule has 0 rings (SSSR count). The molecule has 0 aromatic carbocycles. The van der Waals surface area contributed by atoms with Crippen LogP contribution in [0.1, 0.15) is 6.42 Å². The number of carbonyl (C=O) groups excluding carboxylic acids is 1. The van der Waals surface area contributed by atoms with Crippen molar-refractivity contribution in [3.05, 3.63) is 0 Å². The molecule has 0 heterocycles. The highest BCUT2D eigenvalue weighted by molar-refractivity contribution is 8.76. The first kappa shape index (κ1) is 12.3. The van der Waals surface area contributed by atoms with Crippen LogP contribution in [0, 0.1) is 0 Å². The van der Waals surface area contributed by atoms with Crippen LogP contribution in [0.4, 0.5) is 0 Å². The first-order valence-corrected chi connectivity index (χ1v) is 6.49. The van der Waals surface area contributed by atoms with Gasteiger partial charge in [-0.15, -0.1) is 0 Å².